The first-order valence-corrected chi connectivity index (χ1v) is 20.8. The zero-order valence-corrected chi connectivity index (χ0v) is 38.4. The smallest absolute Gasteiger partial charge is 0.337 e. The molecule has 5 aromatic rings. The van der Waals surface area contributed by atoms with Crippen LogP contribution in [0.25, 0.3) is 10.9 Å². The molecule has 1 aliphatic carbocycles. The summed E-state index contributed by atoms with van der Waals surface area (Å²) >= 11 is 0. The molecule has 6 rings (SSSR count). The Hall–Kier alpha value is -6.66. The fourth-order valence-electron chi connectivity index (χ4n) is 6.12. The average molecular weight is 988 g/mol. The van der Waals surface area contributed by atoms with Crippen LogP contribution >= 0.6 is 0 Å². The summed E-state index contributed by atoms with van der Waals surface area (Å²) in [6, 6.07) is 16.0. The molecule has 23 heteroatoms. The van der Waals surface area contributed by atoms with Crippen LogP contribution in [0.4, 0.5) is 17.3 Å². The van der Waals surface area contributed by atoms with Crippen molar-refractivity contribution < 1.29 is 86.6 Å². The second-order valence-electron chi connectivity index (χ2n) is 14.2. The topological polar surface area (TPSA) is 337 Å². The van der Waals surface area contributed by atoms with Gasteiger partial charge in [0.15, 0.2) is 24.5 Å². The third-order valence-electron chi connectivity index (χ3n) is 9.53. The number of carbonyl (C=O) groups is 3. The molecule has 0 atom stereocenters. The molecule has 0 bridgehead atoms. The first-order valence-electron chi connectivity index (χ1n) is 20.8. The predicted octanol–water partition coefficient (Wildman–Crippen LogP) is -0.943. The molecule has 0 fully saturated rings. The van der Waals surface area contributed by atoms with Gasteiger partial charge in [-0.25, -0.2) is 29.5 Å². The third kappa shape index (κ3) is 17.9. The molecule has 0 aliphatic heterocycles. The Labute approximate surface area is 401 Å². The Bertz CT molecular complexity index is 2420. The van der Waals surface area contributed by atoms with Gasteiger partial charge in [0.1, 0.15) is 56.4 Å². The van der Waals surface area contributed by atoms with E-state index in [1.807, 2.05) is 0 Å². The SMILES string of the molecule is Cc1nc2c(N=Nc3ccccn3)ccc([O-])c2cc1C(=O)O.OCC[NH+](CCO)CCO.OCC[NH+](CCO)CCO.[CH2+]N(N=C1C=CC(=O)c2cc(C(=O)O)c(C)nc21)c1ccccn1.[Ni]. The second-order valence-corrected chi connectivity index (χ2v) is 14.2. The molecule has 22 nitrogen and oxygen atoms in total. The summed E-state index contributed by atoms with van der Waals surface area (Å²) in [6.07, 6.45) is 6.06. The number of aliphatic hydroxyl groups excluding tert-OH is 6. The van der Waals surface area contributed by atoms with Crippen molar-refractivity contribution in [1.29, 1.82) is 0 Å². The van der Waals surface area contributed by atoms with E-state index >= 15 is 0 Å². The van der Waals surface area contributed by atoms with Crippen molar-refractivity contribution >= 4 is 51.7 Å². The first-order chi connectivity index (χ1) is 32.2. The van der Waals surface area contributed by atoms with E-state index in [1.54, 1.807) is 62.6 Å². The van der Waals surface area contributed by atoms with Gasteiger partial charge in [0.05, 0.1) is 73.2 Å². The number of rotatable bonds is 18. The van der Waals surface area contributed by atoms with E-state index in [4.69, 9.17) is 35.7 Å². The van der Waals surface area contributed by atoms with Gasteiger partial charge in [0.25, 0.3) is 0 Å². The molecule has 0 radical (unpaired) electrons. The monoisotopic (exact) mass is 986 g/mol. The van der Waals surface area contributed by atoms with Crippen molar-refractivity contribution in [2.24, 2.45) is 15.3 Å². The number of nitrogens with zero attached hydrogens (tertiary/aromatic N) is 8. The Balaban J connectivity index is 0.000000335. The zero-order valence-electron chi connectivity index (χ0n) is 37.4. The first kappa shape index (κ1) is 57.5. The van der Waals surface area contributed by atoms with Crippen LogP contribution in [0.1, 0.15) is 48.2 Å². The molecule has 366 valence electrons. The Kier molecular flexibility index (Phi) is 25.9. The second kappa shape index (κ2) is 30.6. The van der Waals surface area contributed by atoms with E-state index in [0.717, 1.165) is 9.80 Å². The van der Waals surface area contributed by atoms with Crippen LogP contribution in [0.2, 0.25) is 0 Å². The maximum atomic E-state index is 12.1. The molecular weight excluding hydrogens is 931 g/mol. The minimum absolute atomic E-state index is 0. The third-order valence-corrected chi connectivity index (χ3v) is 9.53. The van der Waals surface area contributed by atoms with Gasteiger partial charge >= 0.3 is 11.9 Å². The molecule has 4 heterocycles. The number of aromatic nitrogens is 4. The number of anilines is 1. The van der Waals surface area contributed by atoms with Gasteiger partial charge in [0.2, 0.25) is 0 Å². The number of carbonyl (C=O) groups excluding carboxylic acids is 1. The number of ketones is 1. The number of carboxylic acids is 2. The van der Waals surface area contributed by atoms with Crippen LogP contribution in [0.5, 0.6) is 5.75 Å². The summed E-state index contributed by atoms with van der Waals surface area (Å²) < 4.78 is 0. The fourth-order valence-corrected chi connectivity index (χ4v) is 6.12. The average Bonchev–Trinajstić information content (AvgIpc) is 3.31. The van der Waals surface area contributed by atoms with Crippen molar-refractivity contribution in [3.8, 4) is 5.75 Å². The van der Waals surface area contributed by atoms with Crippen molar-refractivity contribution in [1.82, 2.24) is 19.9 Å². The number of hydrazone groups is 1. The minimum atomic E-state index is -1.13. The van der Waals surface area contributed by atoms with Crippen molar-refractivity contribution in [3.63, 3.8) is 0 Å². The molecule has 0 unspecified atom stereocenters. The maximum absolute atomic E-state index is 12.1. The van der Waals surface area contributed by atoms with Gasteiger partial charge in [-0.05, 0) is 73.9 Å². The van der Waals surface area contributed by atoms with E-state index in [2.05, 4.69) is 42.3 Å². The van der Waals surface area contributed by atoms with Crippen LogP contribution < -0.4 is 19.9 Å². The number of aliphatic hydroxyl groups is 6. The minimum Gasteiger partial charge on any atom is -0.872 e. The van der Waals surface area contributed by atoms with Gasteiger partial charge in [0, 0.05) is 28.9 Å². The van der Waals surface area contributed by atoms with E-state index in [0.29, 0.717) is 84.9 Å². The van der Waals surface area contributed by atoms with Gasteiger partial charge in [-0.15, -0.1) is 15.3 Å². The summed E-state index contributed by atoms with van der Waals surface area (Å²) in [4.78, 5) is 53.2. The molecule has 0 saturated carbocycles. The molecule has 1 aliphatic rings. The Morgan fingerprint density at radius 3 is 1.69 bits per heavy atom. The zero-order chi connectivity index (χ0) is 49.3. The number of hydrogen-bond acceptors (Lipinski definition) is 18. The van der Waals surface area contributed by atoms with Crippen molar-refractivity contribution in [2.75, 3.05) is 83.9 Å². The van der Waals surface area contributed by atoms with Crippen LogP contribution in [0.3, 0.4) is 0 Å². The Morgan fingerprint density at radius 2 is 1.21 bits per heavy atom. The normalized spacial score (nSPS) is 12.1. The standard InChI is InChI=1S/C17H12N4O3.C16H12N4O3.2C6H15NO3.Ni/c1-10-11(17(23)24)9-12-14(22)7-6-13(16(12)19-10)20-21(2)15-5-3-4-8-18-15;1-9-10(16(22)23)8-11-13(21)6-5-12(15(11)18-9)19-20-14-4-2-3-7-17-14;2*8-4-1-7(2-5-9)3-6-10;/h3-9H,2H2,1H3;2-8,21H,1H3,(H,22,23);2*8-10H,1-6H2;/p+2. The van der Waals surface area contributed by atoms with E-state index in [-0.39, 0.29) is 89.7 Å². The van der Waals surface area contributed by atoms with E-state index < -0.39 is 11.9 Å². The number of nitrogens with one attached hydrogen (secondary N) is 2. The van der Waals surface area contributed by atoms with E-state index in [9.17, 15) is 24.6 Å². The van der Waals surface area contributed by atoms with Crippen LogP contribution in [-0.2, 0) is 16.5 Å². The summed E-state index contributed by atoms with van der Waals surface area (Å²) in [7, 11) is 3.81. The number of hydrogen-bond donors (Lipinski definition) is 10. The predicted molar refractivity (Wildman–Crippen MR) is 243 cm³/mol. The number of azo groups is 1. The molecule has 68 heavy (non-hydrogen) atoms. The molecule has 10 N–H and O–H groups in total. The maximum Gasteiger partial charge on any atom is 0.337 e. The number of aryl methyl sites for hydroxylation is 2. The van der Waals surface area contributed by atoms with Gasteiger partial charge in [-0.3, -0.25) is 4.79 Å². The molecule has 0 saturated heterocycles. The fraction of sp³-hybridized carbons (Fsp3) is 0.311. The summed E-state index contributed by atoms with van der Waals surface area (Å²) in [5.74, 6) is -1.94. The largest absolute Gasteiger partial charge is 0.872 e. The summed E-state index contributed by atoms with van der Waals surface area (Å²) in [5, 5.41) is 95.3. The van der Waals surface area contributed by atoms with E-state index in [1.165, 1.54) is 41.4 Å². The number of aromatic carboxylic acids is 2. The molecule has 4 aromatic heterocycles. The number of quaternary nitrogens is 2. The van der Waals surface area contributed by atoms with Gasteiger partial charge < -0.3 is 55.8 Å². The van der Waals surface area contributed by atoms with Crippen molar-refractivity contribution in [2.45, 2.75) is 13.8 Å². The molecule has 1 aromatic carbocycles. The molecular formula is C45H56N10NiO12+2. The summed E-state index contributed by atoms with van der Waals surface area (Å²) in [6.45, 7) is 7.37. The van der Waals surface area contributed by atoms with Crippen LogP contribution in [-0.4, -0.2) is 163 Å². The number of pyridine rings is 4. The van der Waals surface area contributed by atoms with Gasteiger partial charge in [-0.2, -0.15) is 0 Å². The Morgan fingerprint density at radius 1 is 0.691 bits per heavy atom. The van der Waals surface area contributed by atoms with Crippen molar-refractivity contribution in [3.05, 3.63) is 126 Å². The van der Waals surface area contributed by atoms with Crippen LogP contribution in [0, 0.1) is 20.9 Å². The quantitative estimate of drug-likeness (QED) is 0.0219. The number of benzene rings is 1. The number of allylic oxidation sites excluding steroid dienone is 2. The number of carboxylic acid groups (broad SMARTS) is 2. The molecule has 0 amide bonds. The number of fused-ring (bicyclic) bond motifs is 2. The van der Waals surface area contributed by atoms with Gasteiger partial charge in [-0.1, -0.05) is 29.0 Å². The summed E-state index contributed by atoms with van der Waals surface area (Å²) in [5.41, 5.74) is 2.25. The van der Waals surface area contributed by atoms with Crippen LogP contribution in [0.15, 0.2) is 101 Å². The molecule has 0 spiro atoms.